The van der Waals surface area contributed by atoms with Crippen LogP contribution in [0.15, 0.2) is 54.3 Å². The van der Waals surface area contributed by atoms with Gasteiger partial charge in [-0.05, 0) is 44.0 Å². The first-order valence-electron chi connectivity index (χ1n) is 9.39. The summed E-state index contributed by atoms with van der Waals surface area (Å²) < 4.78 is 54.8. The largest absolute Gasteiger partial charge is 0.416 e. The number of aryl methyl sites for hydroxylation is 1. The summed E-state index contributed by atoms with van der Waals surface area (Å²) in [6.45, 7) is 4.05. The quantitative estimate of drug-likeness (QED) is 0.485. The van der Waals surface area contributed by atoms with E-state index in [0.29, 0.717) is 23.6 Å². The number of nitrogens with zero attached hydrogens (tertiary/aromatic N) is 3. The van der Waals surface area contributed by atoms with E-state index in [-0.39, 0.29) is 12.5 Å². The number of anilines is 1. The molecule has 1 N–H and O–H groups in total. The second-order valence-corrected chi connectivity index (χ2v) is 6.69. The van der Waals surface area contributed by atoms with E-state index in [1.165, 1.54) is 6.07 Å². The second-order valence-electron chi connectivity index (χ2n) is 6.69. The first kappa shape index (κ1) is 20.8. The van der Waals surface area contributed by atoms with E-state index in [1.807, 2.05) is 0 Å². The lowest BCUT2D eigenvalue weighted by atomic mass is 10.0. The zero-order valence-corrected chi connectivity index (χ0v) is 16.2. The Balaban J connectivity index is 1.90. The van der Waals surface area contributed by atoms with Crippen molar-refractivity contribution in [2.75, 3.05) is 5.32 Å². The molecule has 0 spiro atoms. The van der Waals surface area contributed by atoms with Crippen LogP contribution in [0, 0.1) is 5.82 Å². The predicted molar refractivity (Wildman–Crippen MR) is 105 cm³/mol. The van der Waals surface area contributed by atoms with Gasteiger partial charge in [-0.3, -0.25) is 4.68 Å². The van der Waals surface area contributed by atoms with E-state index >= 15 is 0 Å². The van der Waals surface area contributed by atoms with Crippen molar-refractivity contribution in [1.82, 2.24) is 14.8 Å². The Kier molecular flexibility index (Phi) is 6.20. The van der Waals surface area contributed by atoms with Gasteiger partial charge < -0.3 is 5.32 Å². The standard InChI is InChI=1S/C21H22F4N4/c1-3-5-14(11-15(6-4-2)21(23,24)25)18-12-19-17(9-10-29(19)28-18)27-20-8-7-16(22)13-26-20/h3,5-8,11-13,17H,4,9-10H2,1-2H3,(H,26,27)/b5-3-,14-11+,15-6-. The highest BCUT2D eigenvalue weighted by Crippen LogP contribution is 2.33. The van der Waals surface area contributed by atoms with Gasteiger partial charge in [0.15, 0.2) is 0 Å². The normalized spacial score (nSPS) is 17.8. The summed E-state index contributed by atoms with van der Waals surface area (Å²) in [5, 5.41) is 7.72. The maximum atomic E-state index is 13.3. The Labute approximate surface area is 166 Å². The zero-order chi connectivity index (χ0) is 21.0. The molecular formula is C21H22F4N4. The molecule has 3 heterocycles. The minimum atomic E-state index is -4.43. The smallest absolute Gasteiger partial charge is 0.362 e. The first-order valence-corrected chi connectivity index (χ1v) is 9.39. The molecule has 1 unspecified atom stereocenters. The summed E-state index contributed by atoms with van der Waals surface area (Å²) in [4.78, 5) is 4.00. The lowest BCUT2D eigenvalue weighted by Gasteiger charge is -2.12. The SMILES string of the molecule is C\C=C/C(=C\C(=C\CC)C(F)(F)F)c1cc2n(n1)CCC2Nc1ccc(F)cn1. The van der Waals surface area contributed by atoms with Crippen molar-refractivity contribution in [2.45, 2.75) is 45.5 Å². The fraction of sp³-hybridized carbons (Fsp3) is 0.333. The maximum absolute atomic E-state index is 13.3. The van der Waals surface area contributed by atoms with E-state index in [4.69, 9.17) is 0 Å². The average Bonchev–Trinajstić information content (AvgIpc) is 3.23. The topological polar surface area (TPSA) is 42.7 Å². The summed E-state index contributed by atoms with van der Waals surface area (Å²) >= 11 is 0. The van der Waals surface area contributed by atoms with E-state index in [9.17, 15) is 17.6 Å². The molecule has 154 valence electrons. The molecule has 1 aliphatic rings. The summed E-state index contributed by atoms with van der Waals surface area (Å²) in [7, 11) is 0. The monoisotopic (exact) mass is 406 g/mol. The van der Waals surface area contributed by atoms with Crippen LogP contribution in [0.4, 0.5) is 23.4 Å². The molecule has 0 fully saturated rings. The predicted octanol–water partition coefficient (Wildman–Crippen LogP) is 5.83. The molecule has 0 saturated heterocycles. The summed E-state index contributed by atoms with van der Waals surface area (Å²) in [6.07, 6.45) is 3.35. The van der Waals surface area contributed by atoms with Gasteiger partial charge >= 0.3 is 6.18 Å². The molecule has 0 radical (unpaired) electrons. The Morgan fingerprint density at radius 2 is 2.14 bits per heavy atom. The second kappa shape index (κ2) is 8.63. The molecular weight excluding hydrogens is 384 g/mol. The van der Waals surface area contributed by atoms with Crippen molar-refractivity contribution in [3.63, 3.8) is 0 Å². The molecule has 0 amide bonds. The van der Waals surface area contributed by atoms with Gasteiger partial charge in [0.25, 0.3) is 0 Å². The van der Waals surface area contributed by atoms with Crippen LogP contribution in [-0.4, -0.2) is 20.9 Å². The first-order chi connectivity index (χ1) is 13.8. The van der Waals surface area contributed by atoms with Crippen molar-refractivity contribution >= 4 is 11.4 Å². The van der Waals surface area contributed by atoms with Gasteiger partial charge in [-0.1, -0.05) is 25.2 Å². The number of pyridine rings is 1. The van der Waals surface area contributed by atoms with E-state index in [1.54, 1.807) is 42.8 Å². The molecule has 0 saturated carbocycles. The molecule has 2 aromatic heterocycles. The highest BCUT2D eigenvalue weighted by molar-refractivity contribution is 5.74. The highest BCUT2D eigenvalue weighted by atomic mass is 19.4. The average molecular weight is 406 g/mol. The number of halogens is 4. The van der Waals surface area contributed by atoms with Crippen molar-refractivity contribution < 1.29 is 17.6 Å². The van der Waals surface area contributed by atoms with Crippen LogP contribution in [0.25, 0.3) is 5.57 Å². The highest BCUT2D eigenvalue weighted by Gasteiger charge is 2.32. The lowest BCUT2D eigenvalue weighted by Crippen LogP contribution is -2.10. The van der Waals surface area contributed by atoms with Gasteiger partial charge in [-0.2, -0.15) is 18.3 Å². The number of nitrogens with one attached hydrogen (secondary N) is 1. The van der Waals surface area contributed by atoms with Crippen LogP contribution in [0.2, 0.25) is 0 Å². The Bertz CT molecular complexity index is 937. The molecule has 29 heavy (non-hydrogen) atoms. The van der Waals surface area contributed by atoms with Crippen molar-refractivity contribution in [2.24, 2.45) is 0 Å². The minimum absolute atomic E-state index is 0.102. The molecule has 0 aromatic carbocycles. The van der Waals surface area contributed by atoms with Gasteiger partial charge in [0.1, 0.15) is 11.6 Å². The van der Waals surface area contributed by atoms with E-state index in [2.05, 4.69) is 15.4 Å². The molecule has 0 bridgehead atoms. The number of hydrogen-bond acceptors (Lipinski definition) is 3. The number of alkyl halides is 3. The van der Waals surface area contributed by atoms with Crippen LogP contribution in [0.5, 0.6) is 0 Å². The van der Waals surface area contributed by atoms with Crippen LogP contribution in [-0.2, 0) is 6.54 Å². The Morgan fingerprint density at radius 1 is 1.34 bits per heavy atom. The van der Waals surface area contributed by atoms with Gasteiger partial charge in [-0.15, -0.1) is 0 Å². The van der Waals surface area contributed by atoms with Gasteiger partial charge in [0, 0.05) is 12.1 Å². The molecule has 2 aromatic rings. The number of fused-ring (bicyclic) bond motifs is 1. The number of hydrogen-bond donors (Lipinski definition) is 1. The molecule has 1 aliphatic heterocycles. The summed E-state index contributed by atoms with van der Waals surface area (Å²) in [5.74, 6) is 0.109. The fourth-order valence-electron chi connectivity index (χ4n) is 3.25. The van der Waals surface area contributed by atoms with E-state index in [0.717, 1.165) is 30.5 Å². The third-order valence-corrected chi connectivity index (χ3v) is 4.55. The third kappa shape index (κ3) is 4.93. The summed E-state index contributed by atoms with van der Waals surface area (Å²) in [5.41, 5.74) is 1.04. The number of rotatable bonds is 6. The van der Waals surface area contributed by atoms with Crippen molar-refractivity contribution in [3.05, 3.63) is 71.5 Å². The Morgan fingerprint density at radius 3 is 2.76 bits per heavy atom. The third-order valence-electron chi connectivity index (χ3n) is 4.55. The molecule has 3 rings (SSSR count). The molecule has 8 heteroatoms. The van der Waals surface area contributed by atoms with Crippen LogP contribution in [0.3, 0.4) is 0 Å². The maximum Gasteiger partial charge on any atom is 0.416 e. The summed E-state index contributed by atoms with van der Waals surface area (Å²) in [6, 6.07) is 4.55. The fourth-order valence-corrected chi connectivity index (χ4v) is 3.25. The lowest BCUT2D eigenvalue weighted by molar-refractivity contribution is -0.0883. The Hall–Kier alpha value is -2.90. The van der Waals surface area contributed by atoms with Crippen LogP contribution >= 0.6 is 0 Å². The molecule has 0 aliphatic carbocycles. The minimum Gasteiger partial charge on any atom is -0.362 e. The number of aromatic nitrogens is 3. The molecule has 4 nitrogen and oxygen atoms in total. The zero-order valence-electron chi connectivity index (χ0n) is 16.2. The van der Waals surface area contributed by atoms with Gasteiger partial charge in [0.2, 0.25) is 0 Å². The van der Waals surface area contributed by atoms with Gasteiger partial charge in [0.05, 0.1) is 29.2 Å². The van der Waals surface area contributed by atoms with Crippen LogP contribution < -0.4 is 5.32 Å². The molecule has 1 atom stereocenters. The van der Waals surface area contributed by atoms with Gasteiger partial charge in [-0.25, -0.2) is 9.37 Å². The van der Waals surface area contributed by atoms with Crippen LogP contribution in [0.1, 0.15) is 44.1 Å². The number of allylic oxidation sites excluding steroid dienone is 6. The van der Waals surface area contributed by atoms with Crippen molar-refractivity contribution in [3.8, 4) is 0 Å². The van der Waals surface area contributed by atoms with Crippen molar-refractivity contribution in [1.29, 1.82) is 0 Å². The van der Waals surface area contributed by atoms with E-state index < -0.39 is 17.6 Å².